The van der Waals surface area contributed by atoms with Crippen LogP contribution in [0.15, 0.2) is 54.6 Å². The molecule has 2 aromatic rings. The lowest BCUT2D eigenvalue weighted by molar-refractivity contribution is -0.141. The van der Waals surface area contributed by atoms with Gasteiger partial charge in [0.15, 0.2) is 0 Å². The van der Waals surface area contributed by atoms with Gasteiger partial charge in [-0.15, -0.1) is 0 Å². The number of aliphatic carboxylic acids is 1. The summed E-state index contributed by atoms with van der Waals surface area (Å²) >= 11 is 0. The van der Waals surface area contributed by atoms with Gasteiger partial charge in [-0.05, 0) is 29.7 Å². The Morgan fingerprint density at radius 1 is 0.879 bits per heavy atom. The van der Waals surface area contributed by atoms with Gasteiger partial charge in [0, 0.05) is 33.0 Å². The Morgan fingerprint density at radius 3 is 2.03 bits per heavy atom. The van der Waals surface area contributed by atoms with E-state index >= 15 is 0 Å². The van der Waals surface area contributed by atoms with Crippen LogP contribution in [0.2, 0.25) is 0 Å². The molecule has 10 heteroatoms. The molecule has 10 nitrogen and oxygen atoms in total. The van der Waals surface area contributed by atoms with Crippen molar-refractivity contribution >= 4 is 24.1 Å². The van der Waals surface area contributed by atoms with Crippen molar-refractivity contribution in [3.63, 3.8) is 0 Å². The summed E-state index contributed by atoms with van der Waals surface area (Å²) in [7, 11) is 3.10. The summed E-state index contributed by atoms with van der Waals surface area (Å²) in [5.74, 6) is -1.51. The minimum absolute atomic E-state index is 0.00130. The molecular formula is C23H27N3O7. The van der Waals surface area contributed by atoms with Crippen molar-refractivity contribution in [1.82, 2.24) is 15.5 Å². The molecule has 0 aliphatic rings. The number of amides is 3. The van der Waals surface area contributed by atoms with Gasteiger partial charge in [-0.2, -0.15) is 0 Å². The van der Waals surface area contributed by atoms with Crippen LogP contribution in [0.5, 0.6) is 5.75 Å². The third-order valence-corrected chi connectivity index (χ3v) is 4.65. The van der Waals surface area contributed by atoms with Crippen LogP contribution in [-0.2, 0) is 22.4 Å². The van der Waals surface area contributed by atoms with E-state index in [1.54, 1.807) is 38.4 Å². The molecule has 0 saturated carbocycles. The van der Waals surface area contributed by atoms with Gasteiger partial charge in [-0.3, -0.25) is 4.79 Å². The fraction of sp³-hybridized carbons (Fsp3) is 0.304. The van der Waals surface area contributed by atoms with Crippen LogP contribution in [0.25, 0.3) is 0 Å². The number of rotatable bonds is 10. The van der Waals surface area contributed by atoms with Crippen molar-refractivity contribution in [2.75, 3.05) is 14.1 Å². The van der Waals surface area contributed by atoms with Crippen LogP contribution in [0.3, 0.4) is 0 Å². The number of carbonyl (C=O) groups excluding carboxylic acids is 2. The molecule has 0 heterocycles. The van der Waals surface area contributed by atoms with Gasteiger partial charge in [0.1, 0.15) is 11.8 Å². The summed E-state index contributed by atoms with van der Waals surface area (Å²) in [6.45, 7) is 0. The van der Waals surface area contributed by atoms with Gasteiger partial charge in [-0.1, -0.05) is 42.5 Å². The van der Waals surface area contributed by atoms with Crippen LogP contribution in [-0.4, -0.2) is 65.4 Å². The van der Waals surface area contributed by atoms with E-state index < -0.39 is 36.1 Å². The van der Waals surface area contributed by atoms with E-state index in [2.05, 4.69) is 10.6 Å². The second kappa shape index (κ2) is 12.1. The molecule has 4 N–H and O–H groups in total. The third-order valence-electron chi connectivity index (χ3n) is 4.65. The lowest BCUT2D eigenvalue weighted by Gasteiger charge is -2.19. The number of nitrogens with one attached hydrogen (secondary N) is 2. The first-order valence-electron chi connectivity index (χ1n) is 10.2. The van der Waals surface area contributed by atoms with Crippen LogP contribution < -0.4 is 15.4 Å². The predicted molar refractivity (Wildman–Crippen MR) is 119 cm³/mol. The average molecular weight is 457 g/mol. The molecule has 0 spiro atoms. The van der Waals surface area contributed by atoms with Crippen LogP contribution in [0.4, 0.5) is 9.59 Å². The zero-order valence-corrected chi connectivity index (χ0v) is 18.4. The Balaban J connectivity index is 1.99. The molecule has 0 saturated heterocycles. The number of carboxylic acid groups (broad SMARTS) is 2. The van der Waals surface area contributed by atoms with Crippen molar-refractivity contribution in [2.24, 2.45) is 0 Å². The monoisotopic (exact) mass is 457 g/mol. The average Bonchev–Trinajstić information content (AvgIpc) is 2.74. The minimum atomic E-state index is -1.27. The Kier molecular flexibility index (Phi) is 9.22. The Morgan fingerprint density at radius 2 is 1.48 bits per heavy atom. The zero-order chi connectivity index (χ0) is 24.4. The highest BCUT2D eigenvalue weighted by Gasteiger charge is 2.23. The Hall–Kier alpha value is -4.08. The molecule has 0 aromatic heterocycles. The molecule has 2 atom stereocenters. The molecular weight excluding hydrogens is 430 g/mol. The Bertz CT molecular complexity index is 962. The largest absolute Gasteiger partial charge is 0.480 e. The maximum absolute atomic E-state index is 12.5. The van der Waals surface area contributed by atoms with Crippen molar-refractivity contribution in [3.05, 3.63) is 65.7 Å². The lowest BCUT2D eigenvalue weighted by Crippen LogP contribution is -2.46. The normalized spacial score (nSPS) is 12.2. The summed E-state index contributed by atoms with van der Waals surface area (Å²) in [4.78, 5) is 48.2. The number of hydrogen-bond acceptors (Lipinski definition) is 5. The summed E-state index contributed by atoms with van der Waals surface area (Å²) in [5.41, 5.74) is 1.45. The van der Waals surface area contributed by atoms with Gasteiger partial charge in [-0.25, -0.2) is 14.4 Å². The number of nitrogens with zero attached hydrogens (tertiary/aromatic N) is 1. The van der Waals surface area contributed by atoms with E-state index in [4.69, 9.17) is 9.84 Å². The second-order valence-corrected chi connectivity index (χ2v) is 7.61. The number of carbonyl (C=O) groups is 4. The predicted octanol–water partition coefficient (Wildman–Crippen LogP) is 2.13. The second-order valence-electron chi connectivity index (χ2n) is 7.61. The SMILES string of the molecule is CN(C)C(=O)Oc1ccc(CC(NC(=O)CC(Cc2ccccc2)NC(=O)O)C(=O)O)cc1. The molecule has 2 unspecified atom stereocenters. The fourth-order valence-electron chi connectivity index (χ4n) is 3.05. The van der Waals surface area contributed by atoms with Crippen molar-refractivity contribution < 1.29 is 34.1 Å². The standard InChI is InChI=1S/C23H27N3O7/c1-26(2)23(32)33-18-10-8-16(9-11-18)13-19(21(28)29)25-20(27)14-17(24-22(30)31)12-15-6-4-3-5-7-15/h3-11,17,19,24H,12-14H2,1-2H3,(H,25,27)(H,28,29)(H,30,31). The first kappa shape index (κ1) is 25.2. The summed E-state index contributed by atoms with van der Waals surface area (Å²) in [5, 5.41) is 23.4. The summed E-state index contributed by atoms with van der Waals surface area (Å²) < 4.78 is 5.12. The number of carboxylic acids is 1. The van der Waals surface area contributed by atoms with E-state index in [9.17, 15) is 24.3 Å². The molecule has 33 heavy (non-hydrogen) atoms. The van der Waals surface area contributed by atoms with E-state index in [1.807, 2.05) is 18.2 Å². The van der Waals surface area contributed by atoms with E-state index in [0.29, 0.717) is 11.3 Å². The zero-order valence-electron chi connectivity index (χ0n) is 18.4. The smallest absolute Gasteiger partial charge is 0.414 e. The minimum Gasteiger partial charge on any atom is -0.480 e. The highest BCUT2D eigenvalue weighted by atomic mass is 16.6. The van der Waals surface area contributed by atoms with Gasteiger partial charge < -0.3 is 30.5 Å². The third kappa shape index (κ3) is 8.90. The Labute approximate surface area is 191 Å². The van der Waals surface area contributed by atoms with Gasteiger partial charge >= 0.3 is 18.2 Å². The van der Waals surface area contributed by atoms with E-state index in [-0.39, 0.29) is 19.3 Å². The van der Waals surface area contributed by atoms with E-state index in [0.717, 1.165) is 5.56 Å². The molecule has 3 amide bonds. The van der Waals surface area contributed by atoms with Crippen LogP contribution in [0, 0.1) is 0 Å². The maximum atomic E-state index is 12.5. The number of ether oxygens (including phenoxy) is 1. The highest BCUT2D eigenvalue weighted by molar-refractivity contribution is 5.84. The molecule has 0 aliphatic heterocycles. The molecule has 2 rings (SSSR count). The number of hydrogen-bond donors (Lipinski definition) is 4. The topological polar surface area (TPSA) is 145 Å². The highest BCUT2D eigenvalue weighted by Crippen LogP contribution is 2.15. The first-order valence-corrected chi connectivity index (χ1v) is 10.2. The van der Waals surface area contributed by atoms with Gasteiger partial charge in [0.05, 0.1) is 0 Å². The summed E-state index contributed by atoms with van der Waals surface area (Å²) in [6.07, 6.45) is -1.75. The number of benzene rings is 2. The molecule has 0 bridgehead atoms. The van der Waals surface area contributed by atoms with Crippen molar-refractivity contribution in [2.45, 2.75) is 31.3 Å². The van der Waals surface area contributed by atoms with Gasteiger partial charge in [0.25, 0.3) is 0 Å². The first-order chi connectivity index (χ1) is 15.6. The van der Waals surface area contributed by atoms with Crippen LogP contribution >= 0.6 is 0 Å². The van der Waals surface area contributed by atoms with Crippen molar-refractivity contribution in [3.8, 4) is 5.75 Å². The molecule has 2 aromatic carbocycles. The fourth-order valence-corrected chi connectivity index (χ4v) is 3.05. The lowest BCUT2D eigenvalue weighted by atomic mass is 10.0. The van der Waals surface area contributed by atoms with Gasteiger partial charge in [0.2, 0.25) is 5.91 Å². The van der Waals surface area contributed by atoms with E-state index in [1.165, 1.54) is 17.0 Å². The molecule has 0 aliphatic carbocycles. The molecule has 0 fully saturated rings. The summed E-state index contributed by atoms with van der Waals surface area (Å²) in [6, 6.07) is 13.4. The molecule has 176 valence electrons. The van der Waals surface area contributed by atoms with Crippen LogP contribution in [0.1, 0.15) is 17.5 Å². The quantitative estimate of drug-likeness (QED) is 0.428. The molecule has 0 radical (unpaired) electrons. The maximum Gasteiger partial charge on any atom is 0.414 e. The van der Waals surface area contributed by atoms with Crippen molar-refractivity contribution in [1.29, 1.82) is 0 Å².